The van der Waals surface area contributed by atoms with Gasteiger partial charge in [-0.15, -0.1) is 10.2 Å². The molecule has 0 bridgehead atoms. The number of rotatable bonds is 7. The summed E-state index contributed by atoms with van der Waals surface area (Å²) in [7, 11) is 2.98. The number of nitrogens with zero attached hydrogens (tertiary/aromatic N) is 3. The molecule has 1 aromatic carbocycles. The molecule has 3 rings (SSSR count). The second-order valence-electron chi connectivity index (χ2n) is 7.81. The molecule has 2 N–H and O–H groups in total. The Hall–Kier alpha value is -2.87. The van der Waals surface area contributed by atoms with Crippen molar-refractivity contribution in [3.63, 3.8) is 0 Å². The number of esters is 1. The zero-order valence-electron chi connectivity index (χ0n) is 18.0. The Labute approximate surface area is 177 Å². The van der Waals surface area contributed by atoms with Gasteiger partial charge in [0, 0.05) is 30.8 Å². The molecule has 162 valence electrons. The molecule has 0 radical (unpaired) electrons. The first-order valence-electron chi connectivity index (χ1n) is 10.2. The molecular weight excluding hydrogens is 384 g/mol. The van der Waals surface area contributed by atoms with Gasteiger partial charge in [0.05, 0.1) is 25.8 Å². The highest BCUT2D eigenvalue weighted by Crippen LogP contribution is 2.33. The van der Waals surface area contributed by atoms with Gasteiger partial charge in [-0.3, -0.25) is 4.79 Å². The van der Waals surface area contributed by atoms with Crippen LogP contribution < -0.4 is 10.1 Å². The maximum Gasteiger partial charge on any atom is 0.309 e. The van der Waals surface area contributed by atoms with Gasteiger partial charge in [-0.25, -0.2) is 0 Å². The number of hydrogen-bond acceptors (Lipinski definition) is 8. The Morgan fingerprint density at radius 1 is 1.33 bits per heavy atom. The Bertz CT molecular complexity index is 889. The number of carbonyl (C=O) groups excluding carboxylic acids is 1. The summed E-state index contributed by atoms with van der Waals surface area (Å²) in [4.78, 5) is 14.0. The Kier molecular flexibility index (Phi) is 7.10. The Morgan fingerprint density at radius 3 is 2.80 bits per heavy atom. The third-order valence-corrected chi connectivity index (χ3v) is 5.44. The van der Waals surface area contributed by atoms with E-state index in [1.54, 1.807) is 25.3 Å². The number of benzene rings is 1. The fourth-order valence-corrected chi connectivity index (χ4v) is 3.87. The van der Waals surface area contributed by atoms with Gasteiger partial charge < -0.3 is 24.8 Å². The van der Waals surface area contributed by atoms with E-state index in [-0.39, 0.29) is 23.7 Å². The number of phenols is 1. The zero-order valence-corrected chi connectivity index (χ0v) is 18.0. The first kappa shape index (κ1) is 21.8. The van der Waals surface area contributed by atoms with Crippen LogP contribution in [0.5, 0.6) is 11.5 Å². The molecular formula is C22H30N4O4. The van der Waals surface area contributed by atoms with Crippen LogP contribution in [-0.2, 0) is 9.53 Å². The highest BCUT2D eigenvalue weighted by atomic mass is 16.5. The predicted octanol–water partition coefficient (Wildman–Crippen LogP) is 2.85. The summed E-state index contributed by atoms with van der Waals surface area (Å²) < 4.78 is 9.97. The molecule has 2 aromatic rings. The van der Waals surface area contributed by atoms with Crippen LogP contribution in [0, 0.1) is 12.8 Å². The van der Waals surface area contributed by atoms with Crippen LogP contribution >= 0.6 is 0 Å². The zero-order chi connectivity index (χ0) is 21.7. The highest BCUT2D eigenvalue weighted by molar-refractivity contribution is 5.72. The quantitative estimate of drug-likeness (QED) is 0.668. The van der Waals surface area contributed by atoms with Crippen LogP contribution in [0.3, 0.4) is 0 Å². The van der Waals surface area contributed by atoms with E-state index in [0.29, 0.717) is 29.4 Å². The molecule has 1 aliphatic heterocycles. The summed E-state index contributed by atoms with van der Waals surface area (Å²) in [5.41, 5.74) is 2.17. The van der Waals surface area contributed by atoms with Crippen LogP contribution in [0.1, 0.15) is 25.3 Å². The Balaban J connectivity index is 1.66. The van der Waals surface area contributed by atoms with E-state index in [1.165, 1.54) is 7.11 Å². The summed E-state index contributed by atoms with van der Waals surface area (Å²) in [5, 5.41) is 22.4. The molecule has 1 unspecified atom stereocenters. The normalized spacial score (nSPS) is 17.9. The number of phenolic OH excluding ortho intramolecular Hbond substituents is 1. The molecule has 1 aromatic heterocycles. The van der Waals surface area contributed by atoms with Gasteiger partial charge in [-0.2, -0.15) is 0 Å². The first-order valence-corrected chi connectivity index (χ1v) is 10.2. The maximum absolute atomic E-state index is 11.7. The van der Waals surface area contributed by atoms with Gasteiger partial charge in [0.25, 0.3) is 0 Å². The molecule has 0 amide bonds. The first-order chi connectivity index (χ1) is 14.4. The van der Waals surface area contributed by atoms with Crippen LogP contribution in [0.2, 0.25) is 0 Å². The van der Waals surface area contributed by atoms with Gasteiger partial charge in [0.1, 0.15) is 17.3 Å². The molecule has 0 saturated carbocycles. The van der Waals surface area contributed by atoms with Crippen LogP contribution in [0.4, 0.5) is 5.82 Å². The van der Waals surface area contributed by atoms with E-state index in [2.05, 4.69) is 20.4 Å². The van der Waals surface area contributed by atoms with Crippen molar-refractivity contribution in [3.05, 3.63) is 29.8 Å². The number of hydrogen-bond donors (Lipinski definition) is 2. The smallest absolute Gasteiger partial charge is 0.309 e. The van der Waals surface area contributed by atoms with E-state index in [4.69, 9.17) is 9.47 Å². The molecule has 1 saturated heterocycles. The standard InChI is InChI=1S/C22H30N4O4/c1-14-10-20(24-25-21(14)18-8-7-17(29-3)11-19(18)27)23-16-6-5-9-26(13-16)12-15(2)22(28)30-4/h7-8,10-11,15-16,27H,5-6,9,12-13H2,1-4H3,(H,23,24)/t15?,16-/m1/s1. The minimum atomic E-state index is -0.177. The van der Waals surface area contributed by atoms with Crippen LogP contribution in [0.15, 0.2) is 24.3 Å². The van der Waals surface area contributed by atoms with E-state index < -0.39 is 0 Å². The lowest BCUT2D eigenvalue weighted by molar-refractivity contribution is -0.145. The second-order valence-corrected chi connectivity index (χ2v) is 7.81. The number of nitrogens with one attached hydrogen (secondary N) is 1. The minimum Gasteiger partial charge on any atom is -0.507 e. The van der Waals surface area contributed by atoms with Crippen molar-refractivity contribution in [1.82, 2.24) is 15.1 Å². The predicted molar refractivity (Wildman–Crippen MR) is 115 cm³/mol. The van der Waals surface area contributed by atoms with Crippen LogP contribution in [0.25, 0.3) is 11.3 Å². The van der Waals surface area contributed by atoms with Crippen molar-refractivity contribution in [2.24, 2.45) is 5.92 Å². The molecule has 0 spiro atoms. The highest BCUT2D eigenvalue weighted by Gasteiger charge is 2.24. The molecule has 30 heavy (non-hydrogen) atoms. The van der Waals surface area contributed by atoms with E-state index in [9.17, 15) is 9.90 Å². The average Bonchev–Trinajstić information content (AvgIpc) is 2.74. The van der Waals surface area contributed by atoms with Crippen molar-refractivity contribution < 1.29 is 19.4 Å². The summed E-state index contributed by atoms with van der Waals surface area (Å²) in [6.45, 7) is 6.34. The molecule has 8 nitrogen and oxygen atoms in total. The molecule has 8 heteroatoms. The second kappa shape index (κ2) is 9.75. The summed E-state index contributed by atoms with van der Waals surface area (Å²) in [6, 6.07) is 7.31. The van der Waals surface area contributed by atoms with Crippen molar-refractivity contribution >= 4 is 11.8 Å². The van der Waals surface area contributed by atoms with Gasteiger partial charge in [0.15, 0.2) is 0 Å². The number of aromatic nitrogens is 2. The van der Waals surface area contributed by atoms with E-state index in [1.807, 2.05) is 19.9 Å². The van der Waals surface area contributed by atoms with Crippen LogP contribution in [-0.4, -0.2) is 66.1 Å². The largest absolute Gasteiger partial charge is 0.507 e. The lowest BCUT2D eigenvalue weighted by atomic mass is 10.0. The van der Waals surface area contributed by atoms with Crippen molar-refractivity contribution in [2.45, 2.75) is 32.7 Å². The number of ether oxygens (including phenoxy) is 2. The lowest BCUT2D eigenvalue weighted by Gasteiger charge is -2.34. The third-order valence-electron chi connectivity index (χ3n) is 5.44. The fraction of sp³-hybridized carbons (Fsp3) is 0.500. The molecule has 2 heterocycles. The van der Waals surface area contributed by atoms with E-state index in [0.717, 1.165) is 31.5 Å². The number of aromatic hydroxyl groups is 1. The molecule has 0 aliphatic carbocycles. The fourth-order valence-electron chi connectivity index (χ4n) is 3.87. The molecule has 1 aliphatic rings. The number of piperidine rings is 1. The van der Waals surface area contributed by atoms with Gasteiger partial charge >= 0.3 is 5.97 Å². The lowest BCUT2D eigenvalue weighted by Crippen LogP contribution is -2.44. The number of aryl methyl sites for hydroxylation is 1. The van der Waals surface area contributed by atoms with Crippen molar-refractivity contribution in [3.8, 4) is 22.8 Å². The number of likely N-dealkylation sites (tertiary alicyclic amines) is 1. The average molecular weight is 415 g/mol. The molecule has 1 fully saturated rings. The SMILES string of the molecule is COC(=O)C(C)CN1CCC[C@@H](Nc2cc(C)c(-c3ccc(OC)cc3O)nn2)C1. The van der Waals surface area contributed by atoms with E-state index >= 15 is 0 Å². The van der Waals surface area contributed by atoms with Crippen molar-refractivity contribution in [1.29, 1.82) is 0 Å². The third kappa shape index (κ3) is 5.18. The topological polar surface area (TPSA) is 96.8 Å². The molecule has 2 atom stereocenters. The summed E-state index contributed by atoms with van der Waals surface area (Å²) in [5.74, 6) is 1.08. The van der Waals surface area contributed by atoms with Gasteiger partial charge in [-0.1, -0.05) is 6.92 Å². The monoisotopic (exact) mass is 414 g/mol. The van der Waals surface area contributed by atoms with Crippen molar-refractivity contribution in [2.75, 3.05) is 39.2 Å². The number of carbonyl (C=O) groups is 1. The summed E-state index contributed by atoms with van der Waals surface area (Å²) in [6.07, 6.45) is 2.08. The minimum absolute atomic E-state index is 0.107. The summed E-state index contributed by atoms with van der Waals surface area (Å²) >= 11 is 0. The number of anilines is 1. The Morgan fingerprint density at radius 2 is 2.13 bits per heavy atom. The van der Waals surface area contributed by atoms with Gasteiger partial charge in [0.2, 0.25) is 0 Å². The maximum atomic E-state index is 11.7. The number of methoxy groups -OCH3 is 2. The van der Waals surface area contributed by atoms with Gasteiger partial charge in [-0.05, 0) is 50.1 Å².